The number of phenolic OH excluding ortho intramolecular Hbond substituents is 1. The molecule has 0 aliphatic carbocycles. The van der Waals surface area contributed by atoms with E-state index in [0.717, 1.165) is 16.2 Å². The van der Waals surface area contributed by atoms with E-state index < -0.39 is 29.5 Å². The second-order valence-corrected chi connectivity index (χ2v) is 8.94. The van der Waals surface area contributed by atoms with Gasteiger partial charge in [0.25, 0.3) is 5.78 Å². The van der Waals surface area contributed by atoms with Gasteiger partial charge in [-0.05, 0) is 43.7 Å². The number of carbonyl (C=O) groups is 3. The summed E-state index contributed by atoms with van der Waals surface area (Å²) in [5, 5.41) is 21.6. The predicted molar refractivity (Wildman–Crippen MR) is 135 cm³/mol. The summed E-state index contributed by atoms with van der Waals surface area (Å²) in [5.74, 6) is -2.48. The van der Waals surface area contributed by atoms with E-state index in [2.05, 4.69) is 4.98 Å². The quantitative estimate of drug-likeness (QED) is 0.204. The van der Waals surface area contributed by atoms with E-state index in [1.807, 2.05) is 0 Å². The molecular weight excluding hydrogens is 500 g/mol. The van der Waals surface area contributed by atoms with Crippen molar-refractivity contribution in [3.05, 3.63) is 69.7 Å². The molecule has 2 N–H and O–H groups in total. The molecule has 4 rings (SSSR count). The van der Waals surface area contributed by atoms with Gasteiger partial charge in [0.1, 0.15) is 16.4 Å². The first-order valence-corrected chi connectivity index (χ1v) is 12.0. The SMILES string of the molecule is CCOc1cc([C@@H]2C(=C(O)c3cccc(OC)c3)C(=O)C(=O)N2c2nc(C)c(C(=O)OC)s2)ccc1O. The van der Waals surface area contributed by atoms with Gasteiger partial charge in [-0.2, -0.15) is 0 Å². The molecule has 3 aromatic rings. The molecule has 1 aromatic heterocycles. The average Bonchev–Trinajstić information content (AvgIpc) is 3.41. The van der Waals surface area contributed by atoms with Crippen LogP contribution in [0.2, 0.25) is 0 Å². The Morgan fingerprint density at radius 2 is 1.92 bits per heavy atom. The highest BCUT2D eigenvalue weighted by Crippen LogP contribution is 2.45. The summed E-state index contributed by atoms with van der Waals surface area (Å²) in [6.07, 6.45) is 0. The summed E-state index contributed by atoms with van der Waals surface area (Å²) in [4.78, 5) is 44.6. The highest BCUT2D eigenvalue weighted by atomic mass is 32.1. The minimum absolute atomic E-state index is 0.0701. The lowest BCUT2D eigenvalue weighted by Gasteiger charge is -2.23. The van der Waals surface area contributed by atoms with Crippen LogP contribution < -0.4 is 14.4 Å². The summed E-state index contributed by atoms with van der Waals surface area (Å²) in [6, 6.07) is 9.66. The summed E-state index contributed by atoms with van der Waals surface area (Å²) in [5.41, 5.74) is 0.758. The van der Waals surface area contributed by atoms with Crippen molar-refractivity contribution in [1.82, 2.24) is 4.98 Å². The third kappa shape index (κ3) is 4.60. The van der Waals surface area contributed by atoms with Crippen molar-refractivity contribution in [2.24, 2.45) is 0 Å². The maximum Gasteiger partial charge on any atom is 0.350 e. The number of carbonyl (C=O) groups excluding carboxylic acids is 3. The Morgan fingerprint density at radius 3 is 2.59 bits per heavy atom. The number of amides is 1. The van der Waals surface area contributed by atoms with E-state index >= 15 is 0 Å². The third-order valence-electron chi connectivity index (χ3n) is 5.75. The van der Waals surface area contributed by atoms with Crippen LogP contribution >= 0.6 is 11.3 Å². The van der Waals surface area contributed by atoms with Crippen molar-refractivity contribution in [3.8, 4) is 17.2 Å². The Kier molecular flexibility index (Phi) is 7.16. The van der Waals surface area contributed by atoms with Gasteiger partial charge in [0, 0.05) is 5.56 Å². The molecule has 1 saturated heterocycles. The fourth-order valence-electron chi connectivity index (χ4n) is 4.01. The van der Waals surface area contributed by atoms with Crippen LogP contribution in [0.4, 0.5) is 5.13 Å². The zero-order chi connectivity index (χ0) is 26.9. The molecule has 0 unspecified atom stereocenters. The van der Waals surface area contributed by atoms with Crippen LogP contribution in [0.1, 0.15) is 39.5 Å². The topological polar surface area (TPSA) is 135 Å². The molecule has 37 heavy (non-hydrogen) atoms. The fourth-order valence-corrected chi connectivity index (χ4v) is 5.02. The van der Waals surface area contributed by atoms with Crippen LogP contribution in [0, 0.1) is 6.92 Å². The summed E-state index contributed by atoms with van der Waals surface area (Å²) >= 11 is 0.889. The molecule has 0 bridgehead atoms. The van der Waals surface area contributed by atoms with Gasteiger partial charge >= 0.3 is 11.9 Å². The van der Waals surface area contributed by atoms with Crippen molar-refractivity contribution < 1.29 is 38.8 Å². The number of phenols is 1. The minimum Gasteiger partial charge on any atom is -0.507 e. The first-order valence-electron chi connectivity index (χ1n) is 11.2. The number of aryl methyl sites for hydroxylation is 1. The maximum atomic E-state index is 13.4. The van der Waals surface area contributed by atoms with Gasteiger partial charge in [0.15, 0.2) is 16.6 Å². The summed E-state index contributed by atoms with van der Waals surface area (Å²) < 4.78 is 15.5. The normalized spacial score (nSPS) is 16.6. The molecular formula is C26H24N2O8S. The number of aromatic hydroxyl groups is 1. The first kappa shape index (κ1) is 25.7. The molecule has 1 atom stereocenters. The number of ketones is 1. The number of Topliss-reactive ketones (excluding diaryl/α,β-unsaturated/α-hetero) is 1. The number of aliphatic hydroxyl groups is 1. The molecule has 2 aromatic carbocycles. The Bertz CT molecular complexity index is 1430. The van der Waals surface area contributed by atoms with Crippen molar-refractivity contribution >= 4 is 39.9 Å². The second-order valence-electron chi connectivity index (χ2n) is 7.96. The van der Waals surface area contributed by atoms with Crippen LogP contribution in [0.25, 0.3) is 5.76 Å². The van der Waals surface area contributed by atoms with Crippen molar-refractivity contribution in [2.75, 3.05) is 25.7 Å². The van der Waals surface area contributed by atoms with Crippen LogP contribution in [0.3, 0.4) is 0 Å². The van der Waals surface area contributed by atoms with Crippen molar-refractivity contribution in [1.29, 1.82) is 0 Å². The van der Waals surface area contributed by atoms with E-state index in [-0.39, 0.29) is 39.3 Å². The molecule has 10 nitrogen and oxygen atoms in total. The highest BCUT2D eigenvalue weighted by Gasteiger charge is 2.48. The molecule has 1 amide bonds. The number of thiazole rings is 1. The van der Waals surface area contributed by atoms with E-state index in [0.29, 0.717) is 17.0 Å². The van der Waals surface area contributed by atoms with Crippen LogP contribution in [0.5, 0.6) is 17.2 Å². The van der Waals surface area contributed by atoms with E-state index in [1.165, 1.54) is 38.5 Å². The number of aliphatic hydroxyl groups excluding tert-OH is 1. The van der Waals surface area contributed by atoms with Crippen LogP contribution in [0.15, 0.2) is 48.0 Å². The zero-order valence-electron chi connectivity index (χ0n) is 20.5. The number of nitrogens with zero attached hydrogens (tertiary/aromatic N) is 2. The smallest absolute Gasteiger partial charge is 0.350 e. The van der Waals surface area contributed by atoms with Gasteiger partial charge in [-0.15, -0.1) is 0 Å². The molecule has 1 aliphatic rings. The average molecular weight is 525 g/mol. The molecule has 0 spiro atoms. The predicted octanol–water partition coefficient (Wildman–Crippen LogP) is 3.98. The Balaban J connectivity index is 1.96. The number of methoxy groups -OCH3 is 2. The molecule has 1 aliphatic heterocycles. The number of hydrogen-bond donors (Lipinski definition) is 2. The van der Waals surface area contributed by atoms with Gasteiger partial charge in [0.2, 0.25) is 0 Å². The largest absolute Gasteiger partial charge is 0.507 e. The van der Waals surface area contributed by atoms with Gasteiger partial charge in [0.05, 0.1) is 38.1 Å². The summed E-state index contributed by atoms with van der Waals surface area (Å²) in [7, 11) is 2.70. The number of rotatable bonds is 7. The molecule has 1 fully saturated rings. The van der Waals surface area contributed by atoms with Gasteiger partial charge in [-0.25, -0.2) is 9.78 Å². The Labute approximate surface area is 216 Å². The summed E-state index contributed by atoms with van der Waals surface area (Å²) in [6.45, 7) is 3.59. The number of hydrogen-bond acceptors (Lipinski definition) is 10. The minimum atomic E-state index is -1.14. The number of benzene rings is 2. The number of aromatic nitrogens is 1. The molecule has 11 heteroatoms. The van der Waals surface area contributed by atoms with Crippen molar-refractivity contribution in [3.63, 3.8) is 0 Å². The molecule has 2 heterocycles. The fraction of sp³-hybridized carbons (Fsp3) is 0.231. The third-order valence-corrected chi connectivity index (χ3v) is 6.89. The molecule has 0 saturated carbocycles. The lowest BCUT2D eigenvalue weighted by molar-refractivity contribution is -0.132. The Morgan fingerprint density at radius 1 is 1.16 bits per heavy atom. The van der Waals surface area contributed by atoms with Crippen LogP contribution in [-0.2, 0) is 14.3 Å². The maximum absolute atomic E-state index is 13.4. The van der Waals surface area contributed by atoms with E-state index in [9.17, 15) is 24.6 Å². The number of ether oxygens (including phenoxy) is 3. The van der Waals surface area contributed by atoms with Crippen LogP contribution in [-0.4, -0.2) is 53.7 Å². The monoisotopic (exact) mass is 524 g/mol. The Hall–Kier alpha value is -4.38. The van der Waals surface area contributed by atoms with Gasteiger partial charge < -0.3 is 24.4 Å². The molecule has 192 valence electrons. The lowest BCUT2D eigenvalue weighted by atomic mass is 9.95. The van der Waals surface area contributed by atoms with Gasteiger partial charge in [-0.3, -0.25) is 14.5 Å². The first-order chi connectivity index (χ1) is 17.7. The van der Waals surface area contributed by atoms with Crippen molar-refractivity contribution in [2.45, 2.75) is 19.9 Å². The highest BCUT2D eigenvalue weighted by molar-refractivity contribution is 7.17. The second kappa shape index (κ2) is 10.3. The van der Waals surface area contributed by atoms with E-state index in [1.54, 1.807) is 32.0 Å². The number of esters is 1. The van der Waals surface area contributed by atoms with E-state index in [4.69, 9.17) is 14.2 Å². The standard InChI is InChI=1S/C26H24N2O8S/c1-5-36-18-12-14(9-10-17(18)29)20-19(21(30)15-7-6-8-16(11-15)34-3)22(31)24(32)28(20)26-27-13(2)23(37-26)25(33)35-4/h6-12,20,29-30H,5H2,1-4H3/t20-/m1/s1. The molecule has 0 radical (unpaired) electrons. The zero-order valence-corrected chi connectivity index (χ0v) is 21.3. The lowest BCUT2D eigenvalue weighted by Crippen LogP contribution is -2.29. The van der Waals surface area contributed by atoms with Gasteiger partial charge in [-0.1, -0.05) is 29.5 Å². The number of anilines is 1.